The van der Waals surface area contributed by atoms with Crippen LogP contribution in [0.2, 0.25) is 0 Å². The van der Waals surface area contributed by atoms with Gasteiger partial charge in [-0.15, -0.1) is 0 Å². The maximum absolute atomic E-state index is 6.93. The summed E-state index contributed by atoms with van der Waals surface area (Å²) in [6.07, 6.45) is 13.5. The summed E-state index contributed by atoms with van der Waals surface area (Å²) in [6, 6.07) is 15.6. The van der Waals surface area contributed by atoms with E-state index in [-0.39, 0.29) is 5.54 Å². The third-order valence-corrected chi connectivity index (χ3v) is 7.82. The minimum atomic E-state index is -0.0406. The van der Waals surface area contributed by atoms with Crippen LogP contribution in [0.25, 0.3) is 5.70 Å². The Morgan fingerprint density at radius 1 is 1.09 bits per heavy atom. The number of anilines is 1. The number of nitrogens with two attached hydrogens (primary N) is 1. The Morgan fingerprint density at radius 2 is 1.88 bits per heavy atom. The van der Waals surface area contributed by atoms with Gasteiger partial charge < -0.3 is 16.4 Å². The summed E-state index contributed by atoms with van der Waals surface area (Å²) in [4.78, 5) is 0. The highest BCUT2D eigenvalue weighted by Gasteiger charge is 2.36. The van der Waals surface area contributed by atoms with Crippen LogP contribution in [-0.2, 0) is 12.8 Å². The van der Waals surface area contributed by atoms with E-state index in [1.165, 1.54) is 68.1 Å². The highest BCUT2D eigenvalue weighted by atomic mass is 14.9. The van der Waals surface area contributed by atoms with Crippen molar-refractivity contribution in [3.8, 4) is 0 Å². The molecule has 3 rings (SSSR count). The van der Waals surface area contributed by atoms with Crippen LogP contribution in [0.1, 0.15) is 87.0 Å². The lowest BCUT2D eigenvalue weighted by Crippen LogP contribution is -2.51. The van der Waals surface area contributed by atoms with Gasteiger partial charge in [-0.1, -0.05) is 75.9 Å². The molecule has 2 aromatic rings. The molecule has 1 aliphatic carbocycles. The first-order valence-corrected chi connectivity index (χ1v) is 13.5. The molecule has 0 saturated heterocycles. The number of rotatable bonds is 13. The molecule has 0 aromatic heterocycles. The van der Waals surface area contributed by atoms with E-state index in [4.69, 9.17) is 5.73 Å². The monoisotopic (exact) mass is 461 g/mol. The van der Waals surface area contributed by atoms with Gasteiger partial charge in [-0.2, -0.15) is 0 Å². The summed E-state index contributed by atoms with van der Waals surface area (Å²) < 4.78 is 0. The first kappa shape index (κ1) is 26.5. The normalized spacial score (nSPS) is 20.3. The molecule has 0 radical (unpaired) electrons. The van der Waals surface area contributed by atoms with Crippen LogP contribution in [0.5, 0.6) is 0 Å². The molecule has 0 bridgehead atoms. The fourth-order valence-corrected chi connectivity index (χ4v) is 5.47. The Bertz CT molecular complexity index is 901. The molecule has 1 fully saturated rings. The maximum atomic E-state index is 6.93. The number of aryl methyl sites for hydroxylation is 2. The molecule has 2 aromatic carbocycles. The lowest BCUT2D eigenvalue weighted by Gasteiger charge is -2.42. The van der Waals surface area contributed by atoms with Crippen LogP contribution in [0.4, 0.5) is 5.69 Å². The topological polar surface area (TPSA) is 50.1 Å². The van der Waals surface area contributed by atoms with Crippen molar-refractivity contribution in [1.29, 1.82) is 0 Å². The van der Waals surface area contributed by atoms with Gasteiger partial charge in [0, 0.05) is 16.9 Å². The second-order valence-electron chi connectivity index (χ2n) is 10.5. The molecule has 186 valence electrons. The summed E-state index contributed by atoms with van der Waals surface area (Å²) in [6.45, 7) is 9.78. The van der Waals surface area contributed by atoms with Gasteiger partial charge >= 0.3 is 0 Å². The highest BCUT2D eigenvalue weighted by Crippen LogP contribution is 2.37. The van der Waals surface area contributed by atoms with Crippen LogP contribution in [0.3, 0.4) is 0 Å². The van der Waals surface area contributed by atoms with Gasteiger partial charge in [-0.25, -0.2) is 0 Å². The van der Waals surface area contributed by atoms with Crippen molar-refractivity contribution in [3.05, 3.63) is 71.3 Å². The molecule has 2 unspecified atom stereocenters. The fourth-order valence-electron chi connectivity index (χ4n) is 5.47. The zero-order valence-corrected chi connectivity index (χ0v) is 21.9. The number of nitrogens with one attached hydrogen (secondary N) is 2. The van der Waals surface area contributed by atoms with E-state index in [1.807, 2.05) is 7.05 Å². The maximum Gasteiger partial charge on any atom is 0.0387 e. The first-order valence-electron chi connectivity index (χ1n) is 13.5. The van der Waals surface area contributed by atoms with Gasteiger partial charge in [0.1, 0.15) is 0 Å². The summed E-state index contributed by atoms with van der Waals surface area (Å²) in [5.41, 5.74) is 14.3. The second-order valence-corrected chi connectivity index (χ2v) is 10.5. The van der Waals surface area contributed by atoms with E-state index in [9.17, 15) is 0 Å². The fraction of sp³-hybridized carbons (Fsp3) is 0.548. The van der Waals surface area contributed by atoms with Gasteiger partial charge in [-0.05, 0) is 99.3 Å². The SMILES string of the molecule is C=C(Nc1ccc(CC2CCCCC2(N)CCNC)c(C)c1)c1ccc(CCCCCC)cc1. The van der Waals surface area contributed by atoms with E-state index in [2.05, 4.69) is 73.5 Å². The smallest absolute Gasteiger partial charge is 0.0387 e. The summed E-state index contributed by atoms with van der Waals surface area (Å²) in [7, 11) is 2.02. The predicted octanol–water partition coefficient (Wildman–Crippen LogP) is 7.24. The third-order valence-electron chi connectivity index (χ3n) is 7.82. The summed E-state index contributed by atoms with van der Waals surface area (Å²) in [5.74, 6) is 0.558. The Hall–Kier alpha value is -2.10. The average molecular weight is 462 g/mol. The minimum absolute atomic E-state index is 0.0406. The Kier molecular flexibility index (Phi) is 10.2. The van der Waals surface area contributed by atoms with Crippen LogP contribution in [0.15, 0.2) is 49.0 Å². The molecular weight excluding hydrogens is 414 g/mol. The van der Waals surface area contributed by atoms with Crippen molar-refractivity contribution in [3.63, 3.8) is 0 Å². The molecule has 3 heteroatoms. The molecule has 2 atom stereocenters. The molecule has 1 saturated carbocycles. The molecule has 0 spiro atoms. The van der Waals surface area contributed by atoms with Crippen LogP contribution >= 0.6 is 0 Å². The van der Waals surface area contributed by atoms with Crippen molar-refractivity contribution < 1.29 is 0 Å². The first-order chi connectivity index (χ1) is 16.4. The van der Waals surface area contributed by atoms with Gasteiger partial charge in [-0.3, -0.25) is 0 Å². The predicted molar refractivity (Wildman–Crippen MR) is 149 cm³/mol. The number of unbranched alkanes of at least 4 members (excludes halogenated alkanes) is 3. The number of hydrogen-bond donors (Lipinski definition) is 3. The van der Waals surface area contributed by atoms with Crippen LogP contribution in [-0.4, -0.2) is 19.1 Å². The third kappa shape index (κ3) is 7.45. The quantitative estimate of drug-likeness (QED) is 0.276. The molecule has 1 aliphatic rings. The van der Waals surface area contributed by atoms with Crippen molar-refractivity contribution in [2.45, 2.75) is 90.0 Å². The van der Waals surface area contributed by atoms with E-state index >= 15 is 0 Å². The number of hydrogen-bond acceptors (Lipinski definition) is 3. The standard InChI is InChI=1S/C31H47N3/c1-5-6-7-8-11-26-13-15-27(16-14-26)25(3)34-30-18-17-28(24(2)22-30)23-29-12-9-10-19-31(29,32)20-21-33-4/h13-18,22,29,33-34H,3,5-12,19-21,23,32H2,1-2,4H3. The van der Waals surface area contributed by atoms with Crippen molar-refractivity contribution in [2.75, 3.05) is 18.9 Å². The number of benzene rings is 2. The van der Waals surface area contributed by atoms with Gasteiger partial charge in [0.2, 0.25) is 0 Å². The van der Waals surface area contributed by atoms with Crippen LogP contribution < -0.4 is 16.4 Å². The summed E-state index contributed by atoms with van der Waals surface area (Å²) in [5, 5.41) is 6.82. The molecular formula is C31H47N3. The van der Waals surface area contributed by atoms with E-state index in [0.717, 1.165) is 42.8 Å². The molecule has 3 nitrogen and oxygen atoms in total. The van der Waals surface area contributed by atoms with Gasteiger partial charge in [0.15, 0.2) is 0 Å². The Labute approximate surface area is 208 Å². The van der Waals surface area contributed by atoms with E-state index < -0.39 is 0 Å². The highest BCUT2D eigenvalue weighted by molar-refractivity contribution is 5.75. The summed E-state index contributed by atoms with van der Waals surface area (Å²) >= 11 is 0. The van der Waals surface area contributed by atoms with Crippen molar-refractivity contribution in [2.24, 2.45) is 11.7 Å². The molecule has 0 aliphatic heterocycles. The van der Waals surface area contributed by atoms with Gasteiger partial charge in [0.25, 0.3) is 0 Å². The van der Waals surface area contributed by atoms with Crippen molar-refractivity contribution in [1.82, 2.24) is 5.32 Å². The van der Waals surface area contributed by atoms with Crippen molar-refractivity contribution >= 4 is 11.4 Å². The van der Waals surface area contributed by atoms with Gasteiger partial charge in [0.05, 0.1) is 0 Å². The Balaban J connectivity index is 1.58. The minimum Gasteiger partial charge on any atom is -0.356 e. The van der Waals surface area contributed by atoms with E-state index in [1.54, 1.807) is 0 Å². The second kappa shape index (κ2) is 13.1. The lowest BCUT2D eigenvalue weighted by molar-refractivity contribution is 0.175. The molecule has 4 N–H and O–H groups in total. The van der Waals surface area contributed by atoms with Crippen LogP contribution in [0, 0.1) is 12.8 Å². The molecule has 0 heterocycles. The average Bonchev–Trinajstić information content (AvgIpc) is 2.84. The molecule has 0 amide bonds. The van der Waals surface area contributed by atoms with E-state index in [0.29, 0.717) is 5.92 Å². The lowest BCUT2D eigenvalue weighted by atomic mass is 9.69. The zero-order valence-electron chi connectivity index (χ0n) is 21.9. The molecule has 34 heavy (non-hydrogen) atoms. The zero-order chi connectivity index (χ0) is 24.4. The largest absolute Gasteiger partial charge is 0.356 e. The Morgan fingerprint density at radius 3 is 2.59 bits per heavy atom.